The van der Waals surface area contributed by atoms with E-state index in [-0.39, 0.29) is 12.3 Å². The Bertz CT molecular complexity index is 475. The molecule has 6 heteroatoms. The molecule has 0 spiro atoms. The predicted molar refractivity (Wildman–Crippen MR) is 66.7 cm³/mol. The maximum absolute atomic E-state index is 12.3. The summed E-state index contributed by atoms with van der Waals surface area (Å²) in [6.45, 7) is 4.05. The first-order valence-electron chi connectivity index (χ1n) is 6.44. The highest BCUT2D eigenvalue weighted by molar-refractivity contribution is 5.85. The fourth-order valence-corrected chi connectivity index (χ4v) is 2.49. The van der Waals surface area contributed by atoms with Gasteiger partial charge in [0.1, 0.15) is 11.8 Å². The monoisotopic (exact) mass is 266 g/mol. The van der Waals surface area contributed by atoms with Crippen LogP contribution in [-0.4, -0.2) is 39.6 Å². The Balaban J connectivity index is 2.12. The lowest BCUT2D eigenvalue weighted by atomic mass is 10.0. The topological polar surface area (TPSA) is 83.6 Å². The molecule has 1 N–H and O–H groups in total. The molecule has 0 aromatic carbocycles. The first-order valence-corrected chi connectivity index (χ1v) is 6.44. The molecular formula is C13H18N2O4. The highest BCUT2D eigenvalue weighted by atomic mass is 16.5. The van der Waals surface area contributed by atoms with Gasteiger partial charge in [0.05, 0.1) is 12.1 Å². The molecule has 0 unspecified atom stereocenters. The molecule has 104 valence electrons. The van der Waals surface area contributed by atoms with E-state index in [2.05, 4.69) is 5.16 Å². The average molecular weight is 266 g/mol. The number of carboxylic acids is 1. The molecule has 1 aromatic heterocycles. The summed E-state index contributed by atoms with van der Waals surface area (Å²) in [5, 5.41) is 13.0. The smallest absolute Gasteiger partial charge is 0.326 e. The van der Waals surface area contributed by atoms with Crippen LogP contribution < -0.4 is 0 Å². The third-order valence-electron chi connectivity index (χ3n) is 3.62. The number of aromatic nitrogens is 1. The highest BCUT2D eigenvalue weighted by Gasteiger charge is 2.32. The SMILES string of the molecule is Cc1noc(C)c1CC(=O)N1CCCC[C@H]1C(=O)O. The predicted octanol–water partition coefficient (Wildman–Crippen LogP) is 1.30. The third-order valence-corrected chi connectivity index (χ3v) is 3.62. The molecule has 0 saturated carbocycles. The van der Waals surface area contributed by atoms with Crippen molar-refractivity contribution >= 4 is 11.9 Å². The van der Waals surface area contributed by atoms with Gasteiger partial charge in [-0.3, -0.25) is 4.79 Å². The van der Waals surface area contributed by atoms with E-state index in [1.165, 1.54) is 4.90 Å². The van der Waals surface area contributed by atoms with Crippen LogP contribution in [0.5, 0.6) is 0 Å². The summed E-state index contributed by atoms with van der Waals surface area (Å²) in [5.74, 6) is -0.469. The summed E-state index contributed by atoms with van der Waals surface area (Å²) in [5.41, 5.74) is 1.45. The maximum Gasteiger partial charge on any atom is 0.326 e. The number of hydrogen-bond acceptors (Lipinski definition) is 4. The van der Waals surface area contributed by atoms with Crippen molar-refractivity contribution in [2.24, 2.45) is 0 Å². The molecule has 1 atom stereocenters. The summed E-state index contributed by atoms with van der Waals surface area (Å²) in [6.07, 6.45) is 2.40. The van der Waals surface area contributed by atoms with Gasteiger partial charge in [-0.25, -0.2) is 4.79 Å². The molecule has 1 saturated heterocycles. The van der Waals surface area contributed by atoms with Gasteiger partial charge in [-0.2, -0.15) is 0 Å². The van der Waals surface area contributed by atoms with Crippen LogP contribution >= 0.6 is 0 Å². The largest absolute Gasteiger partial charge is 0.480 e. The van der Waals surface area contributed by atoms with Crippen molar-refractivity contribution in [2.75, 3.05) is 6.54 Å². The Morgan fingerprint density at radius 3 is 2.74 bits per heavy atom. The van der Waals surface area contributed by atoms with Crippen molar-refractivity contribution in [3.8, 4) is 0 Å². The molecule has 1 aliphatic rings. The minimum Gasteiger partial charge on any atom is -0.480 e. The number of carbonyl (C=O) groups excluding carboxylic acids is 1. The molecule has 2 rings (SSSR count). The highest BCUT2D eigenvalue weighted by Crippen LogP contribution is 2.20. The normalized spacial score (nSPS) is 19.5. The number of carbonyl (C=O) groups is 2. The van der Waals surface area contributed by atoms with Crippen molar-refractivity contribution < 1.29 is 19.2 Å². The minimum absolute atomic E-state index is 0.158. The quantitative estimate of drug-likeness (QED) is 0.891. The minimum atomic E-state index is -0.924. The van der Waals surface area contributed by atoms with E-state index >= 15 is 0 Å². The summed E-state index contributed by atoms with van der Waals surface area (Å²) in [7, 11) is 0. The maximum atomic E-state index is 12.3. The Kier molecular flexibility index (Phi) is 3.87. The molecule has 2 heterocycles. The van der Waals surface area contributed by atoms with E-state index in [1.807, 2.05) is 0 Å². The molecule has 1 aromatic rings. The summed E-state index contributed by atoms with van der Waals surface area (Å²) in [4.78, 5) is 24.9. The van der Waals surface area contributed by atoms with Crippen LogP contribution in [0.1, 0.15) is 36.3 Å². The Labute approximate surface area is 111 Å². The second kappa shape index (κ2) is 5.42. The summed E-state index contributed by atoms with van der Waals surface area (Å²) >= 11 is 0. The Morgan fingerprint density at radius 1 is 1.42 bits per heavy atom. The van der Waals surface area contributed by atoms with Crippen LogP contribution in [0.3, 0.4) is 0 Å². The number of carboxylic acid groups (broad SMARTS) is 1. The average Bonchev–Trinajstić information content (AvgIpc) is 2.70. The van der Waals surface area contributed by atoms with Crippen molar-refractivity contribution in [3.63, 3.8) is 0 Å². The zero-order chi connectivity index (χ0) is 14.0. The van der Waals surface area contributed by atoms with Crippen LogP contribution in [-0.2, 0) is 16.0 Å². The lowest BCUT2D eigenvalue weighted by Gasteiger charge is -2.33. The number of rotatable bonds is 3. The number of hydrogen-bond donors (Lipinski definition) is 1. The van der Waals surface area contributed by atoms with Gasteiger partial charge in [0.15, 0.2) is 0 Å². The Morgan fingerprint density at radius 2 is 2.16 bits per heavy atom. The number of aliphatic carboxylic acids is 1. The van der Waals surface area contributed by atoms with Gasteiger partial charge >= 0.3 is 5.97 Å². The van der Waals surface area contributed by atoms with E-state index in [4.69, 9.17) is 9.63 Å². The molecule has 19 heavy (non-hydrogen) atoms. The first kappa shape index (κ1) is 13.6. The molecule has 0 aliphatic carbocycles. The lowest BCUT2D eigenvalue weighted by Crippen LogP contribution is -2.48. The fraction of sp³-hybridized carbons (Fsp3) is 0.615. The standard InChI is InChI=1S/C13H18N2O4/c1-8-10(9(2)19-14-8)7-12(16)15-6-4-3-5-11(15)13(17)18/h11H,3-7H2,1-2H3,(H,17,18)/t11-/m0/s1. The van der Waals surface area contributed by atoms with Gasteiger partial charge in [0.2, 0.25) is 5.91 Å². The first-order chi connectivity index (χ1) is 9.00. The van der Waals surface area contributed by atoms with E-state index in [0.717, 1.165) is 18.4 Å². The number of nitrogens with zero attached hydrogens (tertiary/aromatic N) is 2. The third kappa shape index (κ3) is 2.77. The number of piperidine rings is 1. The van der Waals surface area contributed by atoms with Gasteiger partial charge < -0.3 is 14.5 Å². The van der Waals surface area contributed by atoms with Crippen molar-refractivity contribution in [3.05, 3.63) is 17.0 Å². The molecule has 1 aliphatic heterocycles. The second-order valence-corrected chi connectivity index (χ2v) is 4.92. The van der Waals surface area contributed by atoms with Crippen LogP contribution in [0.15, 0.2) is 4.52 Å². The van der Waals surface area contributed by atoms with Gasteiger partial charge in [-0.1, -0.05) is 5.16 Å². The molecule has 1 fully saturated rings. The molecular weight excluding hydrogens is 248 g/mol. The van der Waals surface area contributed by atoms with Gasteiger partial charge in [-0.05, 0) is 33.1 Å². The summed E-state index contributed by atoms with van der Waals surface area (Å²) < 4.78 is 5.02. The lowest BCUT2D eigenvalue weighted by molar-refractivity contribution is -0.151. The van der Waals surface area contributed by atoms with Gasteiger partial charge in [-0.15, -0.1) is 0 Å². The van der Waals surface area contributed by atoms with Gasteiger partial charge in [0.25, 0.3) is 0 Å². The van der Waals surface area contributed by atoms with Crippen molar-refractivity contribution in [1.82, 2.24) is 10.1 Å². The Hall–Kier alpha value is -1.85. The van der Waals surface area contributed by atoms with Crippen molar-refractivity contribution in [1.29, 1.82) is 0 Å². The summed E-state index contributed by atoms with van der Waals surface area (Å²) in [6, 6.07) is -0.693. The van der Waals surface area contributed by atoms with E-state index in [1.54, 1.807) is 13.8 Å². The molecule has 1 amide bonds. The van der Waals surface area contributed by atoms with Crippen LogP contribution in [0, 0.1) is 13.8 Å². The zero-order valence-corrected chi connectivity index (χ0v) is 11.2. The van der Waals surface area contributed by atoms with E-state index < -0.39 is 12.0 Å². The molecule has 0 bridgehead atoms. The van der Waals surface area contributed by atoms with Crippen molar-refractivity contribution in [2.45, 2.75) is 45.6 Å². The number of likely N-dealkylation sites (tertiary alicyclic amines) is 1. The molecule has 6 nitrogen and oxygen atoms in total. The van der Waals surface area contributed by atoms with Crippen LogP contribution in [0.2, 0.25) is 0 Å². The van der Waals surface area contributed by atoms with Crippen LogP contribution in [0.25, 0.3) is 0 Å². The number of aryl methyl sites for hydroxylation is 2. The van der Waals surface area contributed by atoms with Gasteiger partial charge in [0, 0.05) is 12.1 Å². The van der Waals surface area contributed by atoms with Crippen LogP contribution in [0.4, 0.5) is 0 Å². The number of amides is 1. The zero-order valence-electron chi connectivity index (χ0n) is 11.2. The molecule has 0 radical (unpaired) electrons. The van der Waals surface area contributed by atoms with E-state index in [9.17, 15) is 9.59 Å². The van der Waals surface area contributed by atoms with E-state index in [0.29, 0.717) is 24.4 Å². The fourth-order valence-electron chi connectivity index (χ4n) is 2.49. The second-order valence-electron chi connectivity index (χ2n) is 4.92.